The van der Waals surface area contributed by atoms with E-state index in [2.05, 4.69) is 36.4 Å². The van der Waals surface area contributed by atoms with Crippen molar-refractivity contribution in [3.63, 3.8) is 0 Å². The molecule has 2 saturated carbocycles. The topological polar surface area (TPSA) is 35.5 Å². The molecule has 0 aromatic heterocycles. The fourth-order valence-electron chi connectivity index (χ4n) is 4.85. The lowest BCUT2D eigenvalue weighted by Gasteiger charge is -2.32. The van der Waals surface area contributed by atoms with Gasteiger partial charge in [0, 0.05) is 18.3 Å². The number of hydrogen-bond donors (Lipinski definition) is 0. The molecule has 0 bridgehead atoms. The molecule has 3 heteroatoms. The highest BCUT2D eigenvalue weighted by Crippen LogP contribution is 2.68. The predicted octanol–water partition coefficient (Wildman–Crippen LogP) is 3.74. The van der Waals surface area contributed by atoms with Crippen molar-refractivity contribution < 1.29 is 14.3 Å². The number of carbonyl (C=O) groups is 1. The van der Waals surface area contributed by atoms with Crippen molar-refractivity contribution in [2.75, 3.05) is 6.61 Å². The Morgan fingerprint density at radius 2 is 2.13 bits per heavy atom. The maximum absolute atomic E-state index is 11.1. The van der Waals surface area contributed by atoms with Crippen LogP contribution in [0.2, 0.25) is 0 Å². The van der Waals surface area contributed by atoms with Crippen molar-refractivity contribution in [1.29, 1.82) is 0 Å². The lowest BCUT2D eigenvalue weighted by atomic mass is 9.79. The average molecular weight is 312 g/mol. The molecule has 0 radical (unpaired) electrons. The van der Waals surface area contributed by atoms with Gasteiger partial charge in [0.15, 0.2) is 0 Å². The van der Waals surface area contributed by atoms with Crippen LogP contribution in [-0.2, 0) is 20.9 Å². The lowest BCUT2D eigenvalue weighted by molar-refractivity contribution is -0.141. The number of hydrogen-bond acceptors (Lipinski definition) is 3. The van der Waals surface area contributed by atoms with Crippen LogP contribution in [0.1, 0.15) is 31.7 Å². The second kappa shape index (κ2) is 5.79. The van der Waals surface area contributed by atoms with Gasteiger partial charge >= 0.3 is 5.97 Å². The van der Waals surface area contributed by atoms with Gasteiger partial charge < -0.3 is 9.47 Å². The van der Waals surface area contributed by atoms with Crippen LogP contribution < -0.4 is 0 Å². The fourth-order valence-corrected chi connectivity index (χ4v) is 4.85. The molecule has 0 N–H and O–H groups in total. The minimum atomic E-state index is -0.170. The van der Waals surface area contributed by atoms with E-state index in [1.54, 1.807) is 0 Å². The summed E-state index contributed by atoms with van der Waals surface area (Å²) in [7, 11) is 0. The van der Waals surface area contributed by atoms with E-state index < -0.39 is 0 Å². The van der Waals surface area contributed by atoms with E-state index in [1.165, 1.54) is 25.3 Å². The van der Waals surface area contributed by atoms with E-state index in [4.69, 9.17) is 9.47 Å². The standard InChI is InChI=1S/C20H24O3/c1-14(21)22-13-17-16-9-11-20(19(16)17)10-5-8-18(20)23-12-15-6-3-2-4-7-15/h2-4,6-7,9,11,16-19H,5,8,10,12-13H2,1H3/t16?,17?,18-,19?,20-/m0/s1. The van der Waals surface area contributed by atoms with Crippen molar-refractivity contribution in [1.82, 2.24) is 0 Å². The smallest absolute Gasteiger partial charge is 0.302 e. The molecule has 0 saturated heterocycles. The molecule has 5 atom stereocenters. The number of ether oxygens (including phenoxy) is 2. The zero-order chi connectivity index (χ0) is 15.9. The molecule has 1 spiro atoms. The number of rotatable bonds is 5. The molecule has 1 aromatic rings. The van der Waals surface area contributed by atoms with Gasteiger partial charge in [0.1, 0.15) is 0 Å². The molecule has 0 heterocycles. The molecule has 0 amide bonds. The number of carbonyl (C=O) groups excluding carboxylic acids is 1. The van der Waals surface area contributed by atoms with Crippen LogP contribution in [0.3, 0.4) is 0 Å². The van der Waals surface area contributed by atoms with Crippen LogP contribution in [0.5, 0.6) is 0 Å². The van der Waals surface area contributed by atoms with Gasteiger partial charge in [-0.15, -0.1) is 0 Å². The third-order valence-electron chi connectivity index (χ3n) is 5.93. The minimum Gasteiger partial charge on any atom is -0.466 e. The van der Waals surface area contributed by atoms with Gasteiger partial charge in [0.05, 0.1) is 19.3 Å². The molecular weight excluding hydrogens is 288 g/mol. The Labute approximate surface area is 137 Å². The molecule has 3 unspecified atom stereocenters. The highest BCUT2D eigenvalue weighted by atomic mass is 16.5. The highest BCUT2D eigenvalue weighted by molar-refractivity contribution is 5.65. The summed E-state index contributed by atoms with van der Waals surface area (Å²) in [5.74, 6) is 1.54. The summed E-state index contributed by atoms with van der Waals surface area (Å²) < 4.78 is 11.6. The third kappa shape index (κ3) is 2.61. The van der Waals surface area contributed by atoms with E-state index in [-0.39, 0.29) is 11.4 Å². The Balaban J connectivity index is 1.41. The Morgan fingerprint density at radius 3 is 2.91 bits per heavy atom. The molecule has 3 nitrogen and oxygen atoms in total. The van der Waals surface area contributed by atoms with Crippen molar-refractivity contribution in [3.05, 3.63) is 48.0 Å². The summed E-state index contributed by atoms with van der Waals surface area (Å²) in [6.45, 7) is 2.75. The number of benzene rings is 1. The molecular formula is C20H24O3. The van der Waals surface area contributed by atoms with Gasteiger partial charge in [-0.25, -0.2) is 0 Å². The van der Waals surface area contributed by atoms with E-state index in [0.29, 0.717) is 37.1 Å². The van der Waals surface area contributed by atoms with Gasteiger partial charge in [-0.1, -0.05) is 42.5 Å². The van der Waals surface area contributed by atoms with Crippen molar-refractivity contribution in [2.45, 2.75) is 38.9 Å². The molecule has 3 aliphatic rings. The van der Waals surface area contributed by atoms with Crippen LogP contribution in [0.4, 0.5) is 0 Å². The zero-order valence-corrected chi connectivity index (χ0v) is 13.6. The lowest BCUT2D eigenvalue weighted by Crippen LogP contribution is -2.33. The summed E-state index contributed by atoms with van der Waals surface area (Å²) >= 11 is 0. The number of allylic oxidation sites excluding steroid dienone is 1. The molecule has 2 fully saturated rings. The summed E-state index contributed by atoms with van der Waals surface area (Å²) in [5.41, 5.74) is 1.42. The average Bonchev–Trinajstić information content (AvgIpc) is 2.92. The minimum absolute atomic E-state index is 0.170. The van der Waals surface area contributed by atoms with Gasteiger partial charge in [0.25, 0.3) is 0 Å². The first-order valence-corrected chi connectivity index (χ1v) is 8.69. The second-order valence-electron chi connectivity index (χ2n) is 7.22. The quantitative estimate of drug-likeness (QED) is 0.614. The van der Waals surface area contributed by atoms with Gasteiger partial charge in [-0.05, 0) is 36.7 Å². The Bertz CT molecular complexity index is 609. The first-order chi connectivity index (χ1) is 11.2. The van der Waals surface area contributed by atoms with Crippen LogP contribution in [-0.4, -0.2) is 18.7 Å². The molecule has 0 aliphatic heterocycles. The molecule has 122 valence electrons. The second-order valence-corrected chi connectivity index (χ2v) is 7.22. The molecule has 23 heavy (non-hydrogen) atoms. The van der Waals surface area contributed by atoms with Gasteiger partial charge in [-0.2, -0.15) is 0 Å². The predicted molar refractivity (Wildman–Crippen MR) is 87.5 cm³/mol. The van der Waals surface area contributed by atoms with E-state index in [9.17, 15) is 4.79 Å². The van der Waals surface area contributed by atoms with Crippen LogP contribution in [0, 0.1) is 23.2 Å². The zero-order valence-electron chi connectivity index (χ0n) is 13.6. The van der Waals surface area contributed by atoms with Crippen molar-refractivity contribution in [2.24, 2.45) is 23.2 Å². The Hall–Kier alpha value is -1.61. The van der Waals surface area contributed by atoms with Gasteiger partial charge in [-0.3, -0.25) is 4.79 Å². The SMILES string of the molecule is CC(=O)OCC1C2C=C[C@]3(CCC[C@@H]3OCc3ccccc3)C21. The van der Waals surface area contributed by atoms with Crippen LogP contribution in [0.25, 0.3) is 0 Å². The van der Waals surface area contributed by atoms with Crippen LogP contribution >= 0.6 is 0 Å². The van der Waals surface area contributed by atoms with E-state index >= 15 is 0 Å². The normalized spacial score (nSPS) is 37.1. The largest absolute Gasteiger partial charge is 0.466 e. The van der Waals surface area contributed by atoms with Crippen molar-refractivity contribution >= 4 is 5.97 Å². The van der Waals surface area contributed by atoms with Gasteiger partial charge in [0.2, 0.25) is 0 Å². The number of fused-ring (bicyclic) bond motifs is 2. The van der Waals surface area contributed by atoms with E-state index in [1.807, 2.05) is 6.07 Å². The first-order valence-electron chi connectivity index (χ1n) is 8.69. The van der Waals surface area contributed by atoms with Crippen LogP contribution in [0.15, 0.2) is 42.5 Å². The first kappa shape index (κ1) is 14.9. The maximum Gasteiger partial charge on any atom is 0.302 e. The fraction of sp³-hybridized carbons (Fsp3) is 0.550. The molecule has 3 aliphatic carbocycles. The Kier molecular flexibility index (Phi) is 3.76. The van der Waals surface area contributed by atoms with E-state index in [0.717, 1.165) is 6.42 Å². The summed E-state index contributed by atoms with van der Waals surface area (Å²) in [5, 5.41) is 0. The van der Waals surface area contributed by atoms with Crippen molar-refractivity contribution in [3.8, 4) is 0 Å². The Morgan fingerprint density at radius 1 is 1.30 bits per heavy atom. The third-order valence-corrected chi connectivity index (χ3v) is 5.93. The molecule has 4 rings (SSSR count). The maximum atomic E-state index is 11.1. The highest BCUT2D eigenvalue weighted by Gasteiger charge is 2.66. The molecule has 1 aromatic carbocycles. The summed E-state index contributed by atoms with van der Waals surface area (Å²) in [4.78, 5) is 11.1. The summed E-state index contributed by atoms with van der Waals surface area (Å²) in [6.07, 6.45) is 8.64. The number of esters is 1. The monoisotopic (exact) mass is 312 g/mol. The summed E-state index contributed by atoms with van der Waals surface area (Å²) in [6, 6.07) is 10.4.